The van der Waals surface area contributed by atoms with Crippen LogP contribution in [0.15, 0.2) is 65.4 Å². The smallest absolute Gasteiger partial charge is 0.487 e. The monoisotopic (exact) mass is 542 g/mol. The van der Waals surface area contributed by atoms with Gasteiger partial charge >= 0.3 is 6.36 Å². The topological polar surface area (TPSA) is 95.4 Å². The first-order valence-corrected chi connectivity index (χ1v) is 12.6. The number of aliphatic hydroxyl groups excluding tert-OH is 1. The molecule has 0 aliphatic carbocycles. The summed E-state index contributed by atoms with van der Waals surface area (Å²) in [4.78, 5) is 4.34. The molecule has 0 aliphatic rings. The van der Waals surface area contributed by atoms with Gasteiger partial charge in [-0.05, 0) is 73.6 Å². The van der Waals surface area contributed by atoms with Crippen molar-refractivity contribution < 1.29 is 32.2 Å². The summed E-state index contributed by atoms with van der Waals surface area (Å²) in [6.07, 6.45) is 6.44. The van der Waals surface area contributed by atoms with Gasteiger partial charge in [-0.25, -0.2) is 9.67 Å². The highest BCUT2D eigenvalue weighted by molar-refractivity contribution is 5.66. The minimum absolute atomic E-state index is 0.142. The van der Waals surface area contributed by atoms with Gasteiger partial charge in [0.2, 0.25) is 5.89 Å². The van der Waals surface area contributed by atoms with Gasteiger partial charge in [-0.15, -0.1) is 18.3 Å². The van der Waals surface area contributed by atoms with Crippen LogP contribution in [-0.4, -0.2) is 38.1 Å². The summed E-state index contributed by atoms with van der Waals surface area (Å²) in [6, 6.07) is 13.4. The van der Waals surface area contributed by atoms with Crippen molar-refractivity contribution >= 4 is 12.2 Å². The van der Waals surface area contributed by atoms with Crippen LogP contribution in [0.3, 0.4) is 0 Å². The van der Waals surface area contributed by atoms with E-state index in [0.717, 1.165) is 37.1 Å². The van der Waals surface area contributed by atoms with Crippen LogP contribution in [0.25, 0.3) is 12.2 Å². The molecule has 11 heteroatoms. The second-order valence-corrected chi connectivity index (χ2v) is 8.79. The van der Waals surface area contributed by atoms with E-state index in [0.29, 0.717) is 30.1 Å². The number of aromatic nitrogens is 4. The molecule has 2 aromatic carbocycles. The summed E-state index contributed by atoms with van der Waals surface area (Å²) in [7, 11) is 0. The molecule has 0 spiro atoms. The van der Waals surface area contributed by atoms with Crippen LogP contribution in [0.5, 0.6) is 11.5 Å². The largest absolute Gasteiger partial charge is 0.573 e. The summed E-state index contributed by atoms with van der Waals surface area (Å²) in [5.74, 6) is 0.793. The van der Waals surface area contributed by atoms with Gasteiger partial charge in [-0.1, -0.05) is 29.5 Å². The van der Waals surface area contributed by atoms with Gasteiger partial charge in [-0.3, -0.25) is 0 Å². The van der Waals surface area contributed by atoms with Crippen LogP contribution in [0, 0.1) is 0 Å². The molecule has 0 amide bonds. The molecule has 39 heavy (non-hydrogen) atoms. The number of unbranched alkanes of at least 4 members (excludes halogenated alkanes) is 1. The lowest BCUT2D eigenvalue weighted by Gasteiger charge is -2.08. The summed E-state index contributed by atoms with van der Waals surface area (Å²) >= 11 is 0. The number of ether oxygens (including phenoxy) is 2. The molecule has 0 bridgehead atoms. The molecule has 0 saturated heterocycles. The number of benzene rings is 2. The average molecular weight is 543 g/mol. The van der Waals surface area contributed by atoms with Crippen molar-refractivity contribution in [1.29, 1.82) is 0 Å². The lowest BCUT2D eigenvalue weighted by Crippen LogP contribution is -2.16. The van der Waals surface area contributed by atoms with Gasteiger partial charge in [0.25, 0.3) is 0 Å². The van der Waals surface area contributed by atoms with Gasteiger partial charge in [0.1, 0.15) is 30.1 Å². The number of halogens is 3. The first-order chi connectivity index (χ1) is 18.9. The number of hydrogen-bond donors (Lipinski definition) is 1. The Balaban J connectivity index is 1.18. The molecule has 0 radical (unpaired) electrons. The fourth-order valence-electron chi connectivity index (χ4n) is 3.84. The first kappa shape index (κ1) is 27.9. The predicted octanol–water partition coefficient (Wildman–Crippen LogP) is 5.86. The van der Waals surface area contributed by atoms with Crippen LogP contribution in [0.1, 0.15) is 47.7 Å². The lowest BCUT2D eigenvalue weighted by atomic mass is 10.1. The third kappa shape index (κ3) is 9.29. The van der Waals surface area contributed by atoms with E-state index in [1.807, 2.05) is 28.9 Å². The second-order valence-electron chi connectivity index (χ2n) is 8.79. The molecule has 0 fully saturated rings. The van der Waals surface area contributed by atoms with E-state index in [4.69, 9.17) is 14.3 Å². The molecule has 4 aromatic rings. The SMILES string of the molecule is OCCCn1nncc1CCCCc1ccc(OCc2coc(/C=C/c3ccc(OC(F)(F)F)cc3)n2)cc1. The maximum absolute atomic E-state index is 12.3. The Bertz CT molecular complexity index is 1320. The summed E-state index contributed by atoms with van der Waals surface area (Å²) in [5.41, 5.74) is 3.59. The normalized spacial score (nSPS) is 11.8. The fraction of sp³-hybridized carbons (Fsp3) is 0.321. The highest BCUT2D eigenvalue weighted by atomic mass is 19.4. The van der Waals surface area contributed by atoms with Gasteiger partial charge in [0.05, 0.1) is 11.9 Å². The first-order valence-electron chi connectivity index (χ1n) is 12.6. The predicted molar refractivity (Wildman–Crippen MR) is 138 cm³/mol. The maximum Gasteiger partial charge on any atom is 0.573 e. The quantitative estimate of drug-likeness (QED) is 0.199. The highest BCUT2D eigenvalue weighted by Gasteiger charge is 2.30. The van der Waals surface area contributed by atoms with Gasteiger partial charge in [0.15, 0.2) is 0 Å². The molecular formula is C28H29F3N4O4. The molecule has 0 aliphatic heterocycles. The third-order valence-corrected chi connectivity index (χ3v) is 5.79. The minimum Gasteiger partial charge on any atom is -0.487 e. The van der Waals surface area contributed by atoms with Crippen molar-refractivity contribution in [3.63, 3.8) is 0 Å². The van der Waals surface area contributed by atoms with E-state index in [9.17, 15) is 13.2 Å². The Kier molecular flexibility index (Phi) is 9.74. The van der Waals surface area contributed by atoms with E-state index in [-0.39, 0.29) is 19.0 Å². The van der Waals surface area contributed by atoms with Crippen molar-refractivity contribution in [3.8, 4) is 11.5 Å². The standard InChI is InChI=1S/C28H29F3N4O4/c29-28(30,31)39-26-13-8-22(9-14-26)10-15-27-33-23(20-38-27)19-37-25-11-6-21(7-12-25)4-1-2-5-24-18-32-34-35(24)16-3-17-36/h6-15,18,20,36H,1-5,16-17,19H2/b15-10+. The van der Waals surface area contributed by atoms with Crippen molar-refractivity contribution in [2.75, 3.05) is 6.61 Å². The Labute approximate surface area is 223 Å². The minimum atomic E-state index is -4.72. The van der Waals surface area contributed by atoms with E-state index < -0.39 is 6.36 Å². The third-order valence-electron chi connectivity index (χ3n) is 5.79. The van der Waals surface area contributed by atoms with Crippen molar-refractivity contribution in [2.24, 2.45) is 0 Å². The number of aryl methyl sites for hydroxylation is 3. The van der Waals surface area contributed by atoms with Crippen LogP contribution in [0.2, 0.25) is 0 Å². The lowest BCUT2D eigenvalue weighted by molar-refractivity contribution is -0.274. The molecule has 0 atom stereocenters. The number of alkyl halides is 3. The number of rotatable bonds is 14. The van der Waals surface area contributed by atoms with Crippen molar-refractivity contribution in [2.45, 2.75) is 51.6 Å². The zero-order valence-electron chi connectivity index (χ0n) is 21.2. The van der Waals surface area contributed by atoms with E-state index in [1.54, 1.807) is 18.3 Å². The van der Waals surface area contributed by atoms with Crippen molar-refractivity contribution in [1.82, 2.24) is 20.0 Å². The zero-order chi connectivity index (χ0) is 27.5. The highest BCUT2D eigenvalue weighted by Crippen LogP contribution is 2.23. The van der Waals surface area contributed by atoms with E-state index >= 15 is 0 Å². The maximum atomic E-state index is 12.3. The molecule has 8 nitrogen and oxygen atoms in total. The van der Waals surface area contributed by atoms with Crippen LogP contribution in [0.4, 0.5) is 13.2 Å². The van der Waals surface area contributed by atoms with E-state index in [1.165, 1.54) is 36.1 Å². The van der Waals surface area contributed by atoms with Crippen LogP contribution < -0.4 is 9.47 Å². The molecule has 0 saturated carbocycles. The molecule has 0 unspecified atom stereocenters. The zero-order valence-corrected chi connectivity index (χ0v) is 21.2. The van der Waals surface area contributed by atoms with E-state index in [2.05, 4.69) is 20.0 Å². The number of hydrogen-bond acceptors (Lipinski definition) is 7. The summed E-state index contributed by atoms with van der Waals surface area (Å²) in [6.45, 7) is 1.06. The summed E-state index contributed by atoms with van der Waals surface area (Å²) in [5, 5.41) is 17.0. The van der Waals surface area contributed by atoms with Gasteiger partial charge in [0, 0.05) is 19.2 Å². The fourth-order valence-corrected chi connectivity index (χ4v) is 3.84. The molecule has 2 heterocycles. The molecule has 1 N–H and O–H groups in total. The Morgan fingerprint density at radius 3 is 2.41 bits per heavy atom. The molecule has 4 rings (SSSR count). The number of nitrogens with zero attached hydrogens (tertiary/aromatic N) is 4. The molecular weight excluding hydrogens is 513 g/mol. The van der Waals surface area contributed by atoms with Gasteiger partial charge < -0.3 is 19.0 Å². The summed E-state index contributed by atoms with van der Waals surface area (Å²) < 4.78 is 53.7. The Morgan fingerprint density at radius 1 is 0.923 bits per heavy atom. The molecule has 2 aromatic heterocycles. The average Bonchev–Trinajstić information content (AvgIpc) is 3.57. The second kappa shape index (κ2) is 13.6. The Hall–Kier alpha value is -4.12. The van der Waals surface area contributed by atoms with Crippen LogP contribution >= 0.6 is 0 Å². The Morgan fingerprint density at radius 2 is 1.67 bits per heavy atom. The van der Waals surface area contributed by atoms with Gasteiger partial charge in [-0.2, -0.15) is 0 Å². The van der Waals surface area contributed by atoms with Crippen LogP contribution in [-0.2, 0) is 26.0 Å². The van der Waals surface area contributed by atoms with Crippen molar-refractivity contribution in [3.05, 3.63) is 89.4 Å². The molecule has 206 valence electrons. The number of oxazole rings is 1. The number of aliphatic hydroxyl groups is 1.